The predicted octanol–water partition coefficient (Wildman–Crippen LogP) is 3.50. The lowest BCUT2D eigenvalue weighted by Crippen LogP contribution is -2.39. The molecule has 0 saturated carbocycles. The molecule has 1 atom stereocenters. The van der Waals surface area contributed by atoms with E-state index in [9.17, 15) is 9.18 Å². The average molecular weight is 342 g/mol. The molecular formula is C20H23FN2O2. The van der Waals surface area contributed by atoms with Crippen LogP contribution in [0.5, 0.6) is 0 Å². The molecule has 2 aromatic rings. The summed E-state index contributed by atoms with van der Waals surface area (Å²) in [6.45, 7) is 2.47. The van der Waals surface area contributed by atoms with Crippen molar-refractivity contribution in [1.29, 1.82) is 0 Å². The van der Waals surface area contributed by atoms with Crippen LogP contribution in [0.25, 0.3) is 0 Å². The van der Waals surface area contributed by atoms with Crippen molar-refractivity contribution >= 4 is 5.78 Å². The van der Waals surface area contributed by atoms with Gasteiger partial charge in [0.05, 0.1) is 5.69 Å². The summed E-state index contributed by atoms with van der Waals surface area (Å²) in [5.41, 5.74) is 1.53. The van der Waals surface area contributed by atoms with E-state index in [1.807, 2.05) is 18.2 Å². The van der Waals surface area contributed by atoms with Gasteiger partial charge >= 0.3 is 0 Å². The highest BCUT2D eigenvalue weighted by atomic mass is 19.1. The third-order valence-corrected chi connectivity index (χ3v) is 4.81. The molecule has 3 rings (SSSR count). The highest BCUT2D eigenvalue weighted by molar-refractivity contribution is 5.97. The molecule has 1 aromatic carbocycles. The second kappa shape index (κ2) is 8.32. The van der Waals surface area contributed by atoms with Crippen molar-refractivity contribution in [3.05, 3.63) is 65.7 Å². The molecule has 1 aromatic heterocycles. The van der Waals surface area contributed by atoms with Crippen LogP contribution in [0.4, 0.5) is 4.39 Å². The Hall–Kier alpha value is -2.11. The average Bonchev–Trinajstić information content (AvgIpc) is 2.67. The van der Waals surface area contributed by atoms with Gasteiger partial charge in [0.25, 0.3) is 0 Å². The number of piperidine rings is 1. The first-order valence-electron chi connectivity index (χ1n) is 8.63. The van der Waals surface area contributed by atoms with Crippen molar-refractivity contribution in [3.8, 4) is 0 Å². The van der Waals surface area contributed by atoms with E-state index in [-0.39, 0.29) is 23.6 Å². The smallest absolute Gasteiger partial charge is 0.166 e. The van der Waals surface area contributed by atoms with Crippen LogP contribution < -0.4 is 0 Å². The van der Waals surface area contributed by atoms with E-state index in [2.05, 4.69) is 9.88 Å². The van der Waals surface area contributed by atoms with E-state index in [0.717, 1.165) is 38.2 Å². The van der Waals surface area contributed by atoms with Crippen LogP contribution in [-0.4, -0.2) is 42.4 Å². The van der Waals surface area contributed by atoms with Gasteiger partial charge in [-0.3, -0.25) is 9.78 Å². The van der Waals surface area contributed by atoms with Crippen molar-refractivity contribution in [1.82, 2.24) is 9.88 Å². The number of methoxy groups -OCH3 is 1. The second-order valence-corrected chi connectivity index (χ2v) is 6.42. The largest absolute Gasteiger partial charge is 0.374 e. The molecule has 0 aliphatic carbocycles. The maximum absolute atomic E-state index is 13.0. The summed E-state index contributed by atoms with van der Waals surface area (Å²) in [7, 11) is 1.70. The molecule has 2 heterocycles. The van der Waals surface area contributed by atoms with Gasteiger partial charge in [-0.2, -0.15) is 0 Å². The molecule has 1 saturated heterocycles. The number of likely N-dealkylation sites (tertiary alicyclic amines) is 1. The summed E-state index contributed by atoms with van der Waals surface area (Å²) in [5.74, 6) is -0.184. The van der Waals surface area contributed by atoms with Crippen molar-refractivity contribution in [3.63, 3.8) is 0 Å². The molecular weight excluding hydrogens is 319 g/mol. The van der Waals surface area contributed by atoms with Gasteiger partial charge in [0, 0.05) is 31.3 Å². The van der Waals surface area contributed by atoms with Crippen molar-refractivity contribution < 1.29 is 13.9 Å². The summed E-state index contributed by atoms with van der Waals surface area (Å²) in [4.78, 5) is 19.2. The monoisotopic (exact) mass is 342 g/mol. The third-order valence-electron chi connectivity index (χ3n) is 4.81. The van der Waals surface area contributed by atoms with E-state index < -0.39 is 0 Å². The molecule has 1 unspecified atom stereocenters. The Balaban J connectivity index is 1.54. The zero-order chi connectivity index (χ0) is 17.6. The molecule has 0 amide bonds. The molecule has 4 nitrogen and oxygen atoms in total. The number of hydrogen-bond acceptors (Lipinski definition) is 4. The predicted molar refractivity (Wildman–Crippen MR) is 93.9 cm³/mol. The Kier molecular flexibility index (Phi) is 5.89. The zero-order valence-electron chi connectivity index (χ0n) is 14.4. The van der Waals surface area contributed by atoms with Crippen molar-refractivity contribution in [2.24, 2.45) is 5.92 Å². The topological polar surface area (TPSA) is 42.4 Å². The van der Waals surface area contributed by atoms with Gasteiger partial charge in [0.15, 0.2) is 5.78 Å². The molecule has 132 valence electrons. The molecule has 1 fully saturated rings. The summed E-state index contributed by atoms with van der Waals surface area (Å²) in [5, 5.41) is 0. The van der Waals surface area contributed by atoms with E-state index in [1.54, 1.807) is 25.4 Å². The highest BCUT2D eigenvalue weighted by Gasteiger charge is 2.27. The van der Waals surface area contributed by atoms with Crippen LogP contribution in [0.3, 0.4) is 0 Å². The Bertz CT molecular complexity index is 683. The van der Waals surface area contributed by atoms with E-state index in [0.29, 0.717) is 5.56 Å². The Morgan fingerprint density at radius 1 is 1.24 bits per heavy atom. The fourth-order valence-electron chi connectivity index (χ4n) is 3.32. The first-order valence-corrected chi connectivity index (χ1v) is 8.63. The number of ether oxygens (including phenoxy) is 1. The molecule has 0 bridgehead atoms. The number of Topliss-reactive ketones (excluding diaryl/α,β-unsaturated/α-hetero) is 1. The van der Waals surface area contributed by atoms with Gasteiger partial charge < -0.3 is 9.64 Å². The van der Waals surface area contributed by atoms with E-state index in [1.165, 1.54) is 12.1 Å². The lowest BCUT2D eigenvalue weighted by atomic mass is 9.88. The number of aromatic nitrogens is 1. The van der Waals surface area contributed by atoms with Crippen LogP contribution in [0.1, 0.15) is 35.0 Å². The van der Waals surface area contributed by atoms with Crippen molar-refractivity contribution in [2.75, 3.05) is 26.7 Å². The third kappa shape index (κ3) is 4.50. The van der Waals surface area contributed by atoms with Crippen LogP contribution in [-0.2, 0) is 4.74 Å². The molecule has 0 radical (unpaired) electrons. The Morgan fingerprint density at radius 2 is 1.96 bits per heavy atom. The number of ketones is 1. The SMILES string of the molecule is COC(CN1CCC(C(=O)c2ccc(F)cc2)CC1)c1ccccn1. The lowest BCUT2D eigenvalue weighted by Gasteiger charge is -2.33. The van der Waals surface area contributed by atoms with Gasteiger partial charge in [0.2, 0.25) is 0 Å². The zero-order valence-corrected chi connectivity index (χ0v) is 14.4. The van der Waals surface area contributed by atoms with Gasteiger partial charge in [-0.25, -0.2) is 4.39 Å². The van der Waals surface area contributed by atoms with Crippen LogP contribution >= 0.6 is 0 Å². The summed E-state index contributed by atoms with van der Waals surface area (Å²) in [6.07, 6.45) is 3.34. The van der Waals surface area contributed by atoms with Crippen LogP contribution in [0, 0.1) is 11.7 Å². The van der Waals surface area contributed by atoms with E-state index >= 15 is 0 Å². The molecule has 0 spiro atoms. The lowest BCUT2D eigenvalue weighted by molar-refractivity contribution is 0.0462. The van der Waals surface area contributed by atoms with Gasteiger partial charge in [-0.1, -0.05) is 6.07 Å². The number of nitrogens with zero attached hydrogens (tertiary/aromatic N) is 2. The van der Waals surface area contributed by atoms with Crippen LogP contribution in [0.2, 0.25) is 0 Å². The minimum Gasteiger partial charge on any atom is -0.374 e. The molecule has 1 aliphatic rings. The first kappa shape index (κ1) is 17.7. The minimum absolute atomic E-state index is 0.0116. The normalized spacial score (nSPS) is 17.4. The Labute approximate surface area is 147 Å². The maximum atomic E-state index is 13.0. The first-order chi connectivity index (χ1) is 12.2. The molecule has 0 N–H and O–H groups in total. The quantitative estimate of drug-likeness (QED) is 0.754. The number of halogens is 1. The number of carbonyl (C=O) groups excluding carboxylic acids is 1. The number of hydrogen-bond donors (Lipinski definition) is 0. The summed E-state index contributed by atoms with van der Waals surface area (Å²) in [6, 6.07) is 11.7. The second-order valence-electron chi connectivity index (χ2n) is 6.42. The fraction of sp³-hybridized carbons (Fsp3) is 0.400. The minimum atomic E-state index is -0.313. The number of benzene rings is 1. The Morgan fingerprint density at radius 3 is 2.56 bits per heavy atom. The standard InChI is InChI=1S/C20H23FN2O2/c1-25-19(18-4-2-3-11-22-18)14-23-12-9-16(10-13-23)20(24)15-5-7-17(21)8-6-15/h2-8,11,16,19H,9-10,12-14H2,1H3. The van der Waals surface area contributed by atoms with Crippen molar-refractivity contribution in [2.45, 2.75) is 18.9 Å². The van der Waals surface area contributed by atoms with Gasteiger partial charge in [-0.15, -0.1) is 0 Å². The summed E-state index contributed by atoms with van der Waals surface area (Å²) >= 11 is 0. The summed E-state index contributed by atoms with van der Waals surface area (Å²) < 4.78 is 18.6. The highest BCUT2D eigenvalue weighted by Crippen LogP contribution is 2.24. The molecule has 5 heteroatoms. The fourth-order valence-corrected chi connectivity index (χ4v) is 3.32. The number of rotatable bonds is 6. The number of carbonyl (C=O) groups is 1. The maximum Gasteiger partial charge on any atom is 0.166 e. The van der Waals surface area contributed by atoms with Gasteiger partial charge in [-0.05, 0) is 62.3 Å². The van der Waals surface area contributed by atoms with Gasteiger partial charge in [0.1, 0.15) is 11.9 Å². The van der Waals surface area contributed by atoms with Crippen LogP contribution in [0.15, 0.2) is 48.7 Å². The molecule has 1 aliphatic heterocycles. The van der Waals surface area contributed by atoms with E-state index in [4.69, 9.17) is 4.74 Å². The number of pyridine rings is 1. The molecule has 25 heavy (non-hydrogen) atoms.